The van der Waals surface area contributed by atoms with Crippen molar-refractivity contribution >= 4 is 118 Å². The number of hydrogen-bond acceptors (Lipinski definition) is 32. The van der Waals surface area contributed by atoms with Crippen LogP contribution in [0.25, 0.3) is 27.5 Å². The molecule has 12 rings (SSSR count). The van der Waals surface area contributed by atoms with Crippen LogP contribution in [0.1, 0.15) is 196 Å². The third-order valence-electron chi connectivity index (χ3n) is 26.6. The number of aromatic nitrogens is 7. The van der Waals surface area contributed by atoms with Crippen molar-refractivity contribution in [2.75, 3.05) is 24.2 Å². The summed E-state index contributed by atoms with van der Waals surface area (Å²) in [6.07, 6.45) is -2.50. The number of anilines is 2. The molecule has 8 amide bonds. The number of benzene rings is 2. The largest absolute Gasteiger partial charge is 3.00 e. The average Bonchev–Trinajstić information content (AvgIpc) is 1.52. The average molecular weight is 1970 g/mol. The summed E-state index contributed by atoms with van der Waals surface area (Å²) >= 11 is 0. The van der Waals surface area contributed by atoms with Gasteiger partial charge in [0.05, 0.1) is 78.7 Å². The van der Waals surface area contributed by atoms with Crippen molar-refractivity contribution in [1.82, 2.24) is 45.1 Å². The number of allylic oxidation sites excluding steroid dienone is 6. The van der Waals surface area contributed by atoms with Crippen LogP contribution in [-0.4, -0.2) is 202 Å². The molecule has 4 aromatic heterocycles. The molecule has 10 heterocycles. The van der Waals surface area contributed by atoms with E-state index in [9.17, 15) is 77.5 Å². The molecule has 8 bridgehead atoms. The third-order valence-corrected chi connectivity index (χ3v) is 27.7. The maximum absolute atomic E-state index is 14.4. The number of nitrogen functional groups attached to an aromatic ring is 1. The number of nitrogens with one attached hydrogen (secondary N) is 4. The second kappa shape index (κ2) is 45.1. The SMILES string of the molecule is C/C1=C2/[N-][C@H]([C@H](CC(N)=O)[C@@]2(C)CCC(=O)NC[C@@H](C)OP(=O)([O-])O[C@H]2[C@@H](O)[C@H](n3cnc4cc(C)c(C)cc43)O[C@@H]2CO)[C@]2(C)N=C(/C(C)=C3N=C(/C=C4N=C1[C@@H](CCC(N)=O)C\4(C)C)[C@@H](CCC(N)=O)[C@]\3(C)CC(N)=O)[C@@H](CCC(N)=O)[C@]2(C)CC(N)=O.Cc1ncc(CO)c(CO)c1O.Nc1nc2ncc(CNc3ccc(C(=O)N[C@@H](CCC(=O)O)C(=O)O)cc3)nc2c(=O)[nH]1.[C-]#N.[Co+3]. The predicted octanol–water partition coefficient (Wildman–Crippen LogP) is 3.44. The number of aromatic amines is 1. The van der Waals surface area contributed by atoms with Crippen molar-refractivity contribution in [3.05, 3.63) is 151 Å². The number of aryl methyl sites for hydroxylation is 3. The number of primary amides is 6. The van der Waals surface area contributed by atoms with E-state index < -0.39 is 173 Å². The van der Waals surface area contributed by atoms with Gasteiger partial charge in [0, 0.05) is 143 Å². The van der Waals surface area contributed by atoms with Crippen LogP contribution < -0.4 is 66.5 Å². The molecule has 6 aliphatic heterocycles. The Morgan fingerprint density at radius 2 is 1.38 bits per heavy atom. The van der Waals surface area contributed by atoms with Gasteiger partial charge in [-0.05, 0) is 157 Å². The van der Waals surface area contributed by atoms with Gasteiger partial charge in [-0.1, -0.05) is 40.7 Å². The van der Waals surface area contributed by atoms with Gasteiger partial charge in [-0.2, -0.15) is 10.7 Å². The van der Waals surface area contributed by atoms with Crippen LogP contribution in [0.5, 0.6) is 5.75 Å². The minimum Gasteiger partial charge on any atom is -0.756 e. The Morgan fingerprint density at radius 1 is 0.759 bits per heavy atom. The molecule has 16 atom stereocenters. The van der Waals surface area contributed by atoms with Crippen LogP contribution in [-0.2, 0) is 98.0 Å². The van der Waals surface area contributed by atoms with E-state index in [1.165, 1.54) is 42.3 Å². The Balaban J connectivity index is 0.000000399. The molecule has 25 N–H and O–H groups in total. The number of phosphoric acid groups is 1. The molecule has 0 spiro atoms. The molecule has 45 nitrogen and oxygen atoms in total. The van der Waals surface area contributed by atoms with E-state index in [1.807, 2.05) is 80.5 Å². The van der Waals surface area contributed by atoms with E-state index in [0.717, 1.165) is 11.1 Å². The smallest absolute Gasteiger partial charge is 0.756 e. The molecule has 1 unspecified atom stereocenters. The molecule has 47 heteroatoms. The van der Waals surface area contributed by atoms with E-state index >= 15 is 0 Å². The molecular weight excluding hydrogens is 1850 g/mol. The fraction of sp³-hybridized carbons (Fsp3) is 0.511. The zero-order chi connectivity index (χ0) is 101. The zero-order valence-corrected chi connectivity index (χ0v) is 79.7. The van der Waals surface area contributed by atoms with Gasteiger partial charge >= 0.3 is 28.7 Å². The summed E-state index contributed by atoms with van der Waals surface area (Å²) in [5, 5.41) is 86.6. The number of fused-ring (bicyclic) bond motifs is 8. The molecule has 0 aliphatic carbocycles. The molecule has 2 saturated heterocycles. The van der Waals surface area contributed by atoms with Gasteiger partial charge in [0.1, 0.15) is 30.1 Å². The zero-order valence-electron chi connectivity index (χ0n) is 77.8. The maximum atomic E-state index is 14.4. The number of H-pyrrole nitrogens is 1. The number of hydrogen-bond donors (Lipinski definition) is 18. The number of phosphoric ester groups is 1. The topological polar surface area (TPSA) is 776 Å². The molecule has 6 aliphatic rings. The van der Waals surface area contributed by atoms with Gasteiger partial charge < -0.3 is 132 Å². The third kappa shape index (κ3) is 24.5. The normalized spacial score (nSPS) is 26.1. The van der Waals surface area contributed by atoms with E-state index in [4.69, 9.17) is 106 Å². The van der Waals surface area contributed by atoms with Gasteiger partial charge in [-0.15, -0.1) is 0 Å². The number of aliphatic hydroxyl groups excluding tert-OH is 4. The number of rotatable bonds is 37. The monoisotopic (exact) mass is 1960 g/mol. The minimum absolute atomic E-state index is 0. The van der Waals surface area contributed by atoms with Crippen molar-refractivity contribution in [3.8, 4) is 5.75 Å². The van der Waals surface area contributed by atoms with Crippen LogP contribution in [0, 0.1) is 77.9 Å². The molecule has 0 saturated carbocycles. The Labute approximate surface area is 798 Å². The Morgan fingerprint density at radius 3 is 1.96 bits per heavy atom. The van der Waals surface area contributed by atoms with Crippen molar-refractivity contribution in [2.24, 2.45) is 94.7 Å². The van der Waals surface area contributed by atoms with Crippen molar-refractivity contribution in [1.29, 1.82) is 5.26 Å². The molecule has 2 fully saturated rings. The number of aliphatic carboxylic acids is 2. The van der Waals surface area contributed by atoms with Crippen LogP contribution in [0.4, 0.5) is 11.6 Å². The van der Waals surface area contributed by atoms with Crippen LogP contribution >= 0.6 is 7.82 Å². The number of aliphatic imine (C=N–C) groups is 3. The Hall–Kier alpha value is -12.7. The second-order valence-corrected chi connectivity index (χ2v) is 37.5. The molecule has 6 aromatic rings. The van der Waals surface area contributed by atoms with E-state index in [2.05, 4.69) is 45.9 Å². The van der Waals surface area contributed by atoms with Crippen molar-refractivity contribution in [3.63, 3.8) is 0 Å². The number of carbonyl (C=O) groups excluding carboxylic acids is 8. The van der Waals surface area contributed by atoms with Crippen molar-refractivity contribution < 1.29 is 124 Å². The second-order valence-electron chi connectivity index (χ2n) is 36.2. The fourth-order valence-electron chi connectivity index (χ4n) is 19.1. The summed E-state index contributed by atoms with van der Waals surface area (Å²) in [7, 11) is -5.32. The van der Waals surface area contributed by atoms with Crippen LogP contribution in [0.15, 0.2) is 109 Å². The first-order chi connectivity index (χ1) is 63.8. The molecule has 2 aromatic carbocycles. The Kier molecular flexibility index (Phi) is 36.1. The minimum atomic E-state index is -5.32. The first-order valence-electron chi connectivity index (χ1n) is 43.6. The number of ether oxygens (including phenoxy) is 1. The van der Waals surface area contributed by atoms with Crippen LogP contribution in [0.3, 0.4) is 0 Å². The number of aliphatic hydroxyl groups is 4. The quantitative estimate of drug-likeness (QED) is 0.0196. The summed E-state index contributed by atoms with van der Waals surface area (Å²) in [6, 6.07) is 7.52. The van der Waals surface area contributed by atoms with E-state index in [0.29, 0.717) is 84.6 Å². The summed E-state index contributed by atoms with van der Waals surface area (Å²) in [6.45, 7) is 25.1. The first-order valence-corrected chi connectivity index (χ1v) is 45.1. The van der Waals surface area contributed by atoms with E-state index in [-0.39, 0.29) is 155 Å². The molecule has 137 heavy (non-hydrogen) atoms. The molecule has 740 valence electrons. The molecular formula is C90H118CoN22O23P. The summed E-state index contributed by atoms with van der Waals surface area (Å²) in [4.78, 5) is 192. The number of carbonyl (C=O) groups is 10. The van der Waals surface area contributed by atoms with Gasteiger partial charge in [0.2, 0.25) is 47.3 Å². The fourth-order valence-corrected chi connectivity index (χ4v) is 20.2. The van der Waals surface area contributed by atoms with Gasteiger partial charge in [-0.25, -0.2) is 19.7 Å². The summed E-state index contributed by atoms with van der Waals surface area (Å²) in [5.74, 6) is -10.6. The van der Waals surface area contributed by atoms with Gasteiger partial charge in [0.25, 0.3) is 19.3 Å². The predicted molar refractivity (Wildman–Crippen MR) is 491 cm³/mol. The number of aromatic hydroxyl groups is 1. The van der Waals surface area contributed by atoms with E-state index in [1.54, 1.807) is 26.0 Å². The van der Waals surface area contributed by atoms with Crippen LogP contribution in [0.2, 0.25) is 0 Å². The Bertz CT molecular complexity index is 5980. The maximum Gasteiger partial charge on any atom is 3.00 e. The molecule has 0 radical (unpaired) electrons. The number of nitrogens with zero attached hydrogens (tertiary/aromatic N) is 11. The first kappa shape index (κ1) is 110. The number of carboxylic acids is 2. The standard InChI is InChI=1S/C62H90N13O14P.C19H19N7O6.C8H11NO3.CN.Co/c1-29-20-39-40(21-30(29)2)75(28-70-39)57-52(84)53(41(27-76)87-57)89-90(85,86)88-31(3)26-69-49(83)18-19-59(8)37(22-46(66)80)56-62(11)61(10,25-48(68)82)36(14-17-45(65)79)51(74-62)33(5)55-60(9,24-47(67)81)34(12-15-43(63)77)38(71-55)23-42-58(6,7)35(13-16-44(64)78)50(72-42)32(4)54(59)73-56;20-19-25-15-14(17(30)26-19)23-11(8-22-15)7-21-10-3-1-9(2-4-10)16(29)24-12(18(31)32)5-6-13(27)28;1-5-8(12)7(4-11)6(3-10)2-9-5;1-2;/h20-21,23,28,31,34-37,41,52-53,56-57,76,84H,12-19,22,24-27H2,1-11H3,(H15,63,64,65,66,67,68,69,71,72,73,74,77,78,79,80,81,82,83,85,86);1-4,8,12,21H,5-7H2,(H,24,29)(H,27,28)(H,31,32)(H3,20,22,25,26,30);2,10-12H,3-4H2,1H3;;/q;;;-1;+3/p-2/t31-,34-,35-,36-,37+,41-,52-,53-,56-,57-,59-,60+,61+,62+;12-;;;/m10.../s1. The number of pyridine rings is 1. The van der Waals surface area contributed by atoms with Gasteiger partial charge in [-0.3, -0.25) is 77.5 Å². The van der Waals surface area contributed by atoms with Gasteiger partial charge in [0.15, 0.2) is 17.4 Å². The summed E-state index contributed by atoms with van der Waals surface area (Å²) in [5.41, 5.74) is 44.4. The number of nitrogens with two attached hydrogens (primary N) is 7. The number of amides is 8. The number of imidazole rings is 1. The number of carboxylic acid groups (broad SMARTS) is 2. The summed E-state index contributed by atoms with van der Waals surface area (Å²) < 4.78 is 31.9. The van der Waals surface area contributed by atoms with Crippen molar-refractivity contribution in [2.45, 2.75) is 235 Å².